The Hall–Kier alpha value is -12.6. The number of sulfonamides is 3. The summed E-state index contributed by atoms with van der Waals surface area (Å²) >= 11 is 2.58. The number of nitrogens with zero attached hydrogens (tertiary/aromatic N) is 8. The zero-order valence-electron chi connectivity index (χ0n) is 66.7. The maximum atomic E-state index is 12.1. The van der Waals surface area contributed by atoms with Gasteiger partial charge in [-0.1, -0.05) is 104 Å². The molecule has 12 aromatic carbocycles. The third-order valence-corrected chi connectivity index (χ3v) is 22.9. The van der Waals surface area contributed by atoms with Gasteiger partial charge >= 0.3 is 23.9 Å². The molecule has 0 saturated carbocycles. The lowest BCUT2D eigenvalue weighted by atomic mass is 10.0. The molecule has 33 nitrogen and oxygen atoms in total. The second-order valence-electron chi connectivity index (χ2n) is 25.8. The number of hydrogen-bond donors (Lipinski definition) is 10. The Morgan fingerprint density at radius 3 is 0.911 bits per heavy atom. The van der Waals surface area contributed by atoms with Crippen LogP contribution in [-0.2, 0) is 53.0 Å². The average Bonchev–Trinajstić information content (AvgIpc) is 1.57. The summed E-state index contributed by atoms with van der Waals surface area (Å²) in [6.45, 7) is 16.0. The van der Waals surface area contributed by atoms with E-state index in [0.29, 0.717) is 128 Å². The van der Waals surface area contributed by atoms with Crippen LogP contribution < -0.4 is 27.2 Å². The third kappa shape index (κ3) is 17.8. The number of rotatable bonds is 14. The maximum absolute atomic E-state index is 12.1. The molecule has 16 aromatic rings. The molecule has 15 N–H and O–H groups in total. The van der Waals surface area contributed by atoms with Crippen LogP contribution in [0.4, 0.5) is 0 Å². The first kappa shape index (κ1) is 90.6. The molecule has 4 aromatic heterocycles. The number of hydrogen-bond acceptors (Lipinski definition) is 29. The number of nitrogens with two attached hydrogens (primary N) is 5. The highest BCUT2D eigenvalue weighted by Gasteiger charge is 2.33. The topological polar surface area (TPSA) is 551 Å². The standard InChI is InChI=1S/C19H12N4O6S2.C19H11N3O6S2.C19H11N3O4S.C19H10N2O2.4C2H6.CH5NO2S/c20-28-29-30-10-3-9-4-11(31(21,26)27)7-13-16(9)12(6-10)17-18(13)22-14-2-1-8(19(24)25)5-15(14)23-17;20-30(26,27)11-4-9-3-10(29-28-25)6-12-16(9)13(7-11)18-17(12)22-15-5-8(19(23)24)1-2-14(15)21-18;20-27(25,26)11-6-9-2-1-3-12-16(9)13(8-11)18-17(12)22-15-7-10(19(23)24)4-5-14(15)21-18;22-19(23)11-8-10-4-3-5-12-16(10)13(9-11)18-17(12)20-14-6-1-2-7-15(14)21-18;4*1-2;1-5-4-3-2/h1-7H,20H2,(H,24,25)(H2,21,26,27);1-7,25H,(H,23,24)(H2,20,26,27);1-8H,(H,23,24)(H2,20,25,26);1-9H,(H,22,23);4*1-2H3;2H2,1H3. The van der Waals surface area contributed by atoms with E-state index in [2.05, 4.69) is 54.4 Å². The quantitative estimate of drug-likeness (QED) is 0.0275. The van der Waals surface area contributed by atoms with Crippen molar-refractivity contribution in [2.24, 2.45) is 27.2 Å². The predicted octanol–water partition coefficient (Wildman–Crippen LogP) is 17.0. The molecule has 634 valence electrons. The Morgan fingerprint density at radius 2 is 0.597 bits per heavy atom. The molecule has 0 spiro atoms. The van der Waals surface area contributed by atoms with Gasteiger partial charge in [-0.2, -0.15) is 16.1 Å². The SMILES string of the molecule is CC.CC.CC.CC.CSOON.NOOSc1cc2c3c(cc(S(N)(=O)=O)cc3c1)-c1nc3ccc(C(=O)O)cc3nc1-2.NS(=O)(=O)c1cc2c3c(cc(SOO)cc3c1)-c1nc3cc(C(=O)O)ccc3nc1-2.NS(=O)(=O)c1cc2c3c(cccc3c1)-c1nc3cc(C(=O)O)ccc3nc1-2.O=C(O)c1cc2c3c(cccc3c1)-c1nc3ccccc3nc1-2. The van der Waals surface area contributed by atoms with Gasteiger partial charge in [0.2, 0.25) is 30.1 Å². The summed E-state index contributed by atoms with van der Waals surface area (Å²) in [5.74, 6) is 5.18. The van der Waals surface area contributed by atoms with Crippen LogP contribution in [0.3, 0.4) is 0 Å². The lowest BCUT2D eigenvalue weighted by molar-refractivity contribution is -0.195. The number of fused-ring (bicyclic) bond motifs is 16. The fourth-order valence-corrected chi connectivity index (χ4v) is 16.9. The fraction of sp³-hybridized carbons (Fsp3) is 0.106. The highest BCUT2D eigenvalue weighted by molar-refractivity contribution is 7.95. The van der Waals surface area contributed by atoms with Gasteiger partial charge in [0.05, 0.1) is 151 Å². The van der Waals surface area contributed by atoms with Crippen molar-refractivity contribution in [1.82, 2.24) is 39.9 Å². The summed E-state index contributed by atoms with van der Waals surface area (Å²) in [6.07, 6.45) is 1.70. The lowest BCUT2D eigenvalue weighted by Crippen LogP contribution is -2.12. The van der Waals surface area contributed by atoms with Crippen LogP contribution in [0, 0.1) is 0 Å². The molecule has 4 aliphatic rings. The van der Waals surface area contributed by atoms with Gasteiger partial charge in [0.25, 0.3) is 0 Å². The number of benzene rings is 12. The van der Waals surface area contributed by atoms with Gasteiger partial charge < -0.3 is 20.4 Å². The van der Waals surface area contributed by atoms with Gasteiger partial charge in [-0.25, -0.2) is 105 Å². The molecule has 124 heavy (non-hydrogen) atoms. The fourth-order valence-electron chi connectivity index (χ4n) is 14.2. The highest BCUT2D eigenvalue weighted by atomic mass is 32.2. The van der Waals surface area contributed by atoms with E-state index >= 15 is 0 Å². The van der Waals surface area contributed by atoms with Crippen LogP contribution in [0.1, 0.15) is 96.8 Å². The number of aromatic nitrogens is 8. The Labute approximate surface area is 719 Å². The monoisotopic (exact) mass is 1790 g/mol. The Bertz CT molecular complexity index is 7450. The van der Waals surface area contributed by atoms with E-state index < -0.39 is 53.9 Å². The molecular formula is C85H73N13O20S6. The zero-order chi connectivity index (χ0) is 89.7. The first-order valence-corrected chi connectivity index (χ1v) is 44.6. The van der Waals surface area contributed by atoms with Crippen molar-refractivity contribution in [3.05, 3.63) is 210 Å². The number of carbonyl (C=O) groups is 4. The Kier molecular flexibility index (Phi) is 27.5. The van der Waals surface area contributed by atoms with Crippen LogP contribution in [0.15, 0.2) is 213 Å². The second kappa shape index (κ2) is 37.6. The molecule has 39 heteroatoms. The summed E-state index contributed by atoms with van der Waals surface area (Å²) in [5, 5.41) is 68.1. The van der Waals surface area contributed by atoms with Crippen molar-refractivity contribution < 1.29 is 93.1 Å². The molecule has 0 unspecified atom stereocenters. The van der Waals surface area contributed by atoms with Gasteiger partial charge in [0.15, 0.2) is 0 Å². The number of carboxylic acid groups (broad SMARTS) is 4. The first-order chi connectivity index (χ1) is 59.5. The molecule has 20 rings (SSSR count). The molecule has 0 fully saturated rings. The minimum Gasteiger partial charge on any atom is -0.478 e. The van der Waals surface area contributed by atoms with Crippen molar-refractivity contribution in [3.8, 4) is 90.1 Å². The smallest absolute Gasteiger partial charge is 0.335 e. The van der Waals surface area contributed by atoms with Crippen LogP contribution >= 0.6 is 36.1 Å². The largest absolute Gasteiger partial charge is 0.478 e. The summed E-state index contributed by atoms with van der Waals surface area (Å²) in [5.41, 5.74) is 15.4. The molecular weight excluding hydrogens is 1720 g/mol. The number of para-hydroxylation sites is 2. The second-order valence-corrected chi connectivity index (χ2v) is 32.5. The normalized spacial score (nSPS) is 11.6. The van der Waals surface area contributed by atoms with E-state index in [4.69, 9.17) is 40.9 Å². The molecule has 0 radical (unpaired) electrons. The van der Waals surface area contributed by atoms with E-state index in [-0.39, 0.29) is 36.9 Å². The average molecular weight is 1790 g/mol. The van der Waals surface area contributed by atoms with Crippen molar-refractivity contribution in [3.63, 3.8) is 0 Å². The van der Waals surface area contributed by atoms with Crippen molar-refractivity contribution in [2.45, 2.75) is 79.9 Å². The number of aromatic carboxylic acids is 4. The first-order valence-electron chi connectivity index (χ1n) is 37.4. The van der Waals surface area contributed by atoms with Gasteiger partial charge in [0.1, 0.15) is 0 Å². The van der Waals surface area contributed by atoms with Crippen molar-refractivity contribution in [1.29, 1.82) is 0 Å². The van der Waals surface area contributed by atoms with Gasteiger partial charge in [-0.15, -0.1) is 18.6 Å². The Morgan fingerprint density at radius 1 is 0.306 bits per heavy atom. The summed E-state index contributed by atoms with van der Waals surface area (Å²) in [4.78, 5) is 91.3. The van der Waals surface area contributed by atoms with E-state index in [1.54, 1.807) is 60.9 Å². The van der Waals surface area contributed by atoms with Gasteiger partial charge in [0, 0.05) is 94.1 Å². The molecule has 0 amide bonds. The van der Waals surface area contributed by atoms with Gasteiger partial charge in [-0.3, -0.25) is 0 Å². The zero-order valence-corrected chi connectivity index (χ0v) is 71.6. The molecule has 4 heterocycles. The van der Waals surface area contributed by atoms with Crippen molar-refractivity contribution in [2.75, 3.05) is 6.26 Å². The van der Waals surface area contributed by atoms with Crippen molar-refractivity contribution >= 4 is 177 Å². The minimum absolute atomic E-state index is 0.0122. The molecule has 4 aliphatic carbocycles. The number of carboxylic acids is 4. The third-order valence-electron chi connectivity index (χ3n) is 18.9. The maximum Gasteiger partial charge on any atom is 0.335 e. The molecule has 0 aliphatic heterocycles. The number of primary sulfonamides is 3. The van der Waals surface area contributed by atoms with Crippen LogP contribution in [0.2, 0.25) is 0 Å². The summed E-state index contributed by atoms with van der Waals surface area (Å²) < 4.78 is 84.8. The summed E-state index contributed by atoms with van der Waals surface area (Å²) in [6, 6.07) is 51.6. The molecule has 0 saturated heterocycles. The van der Waals surface area contributed by atoms with Gasteiger partial charge in [-0.05, 0) is 161 Å². The van der Waals surface area contributed by atoms with E-state index in [1.165, 1.54) is 72.8 Å². The molecule has 0 bridgehead atoms. The van der Waals surface area contributed by atoms with E-state index in [1.807, 2.05) is 116 Å². The highest BCUT2D eigenvalue weighted by Crippen LogP contribution is 2.52. The summed E-state index contributed by atoms with van der Waals surface area (Å²) in [7, 11) is -11.9. The Balaban J connectivity index is 0.000000144. The lowest BCUT2D eigenvalue weighted by Gasteiger charge is -2.07. The molecule has 0 atom stereocenters. The van der Waals surface area contributed by atoms with Crippen LogP contribution in [-0.4, -0.2) is 121 Å². The van der Waals surface area contributed by atoms with E-state index in [0.717, 1.165) is 95.5 Å². The predicted molar refractivity (Wildman–Crippen MR) is 475 cm³/mol. The van der Waals surface area contributed by atoms with Crippen LogP contribution in [0.5, 0.6) is 0 Å². The minimum atomic E-state index is -3.99. The van der Waals surface area contributed by atoms with E-state index in [9.17, 15) is 64.9 Å². The van der Waals surface area contributed by atoms with Crippen LogP contribution in [0.25, 0.3) is 177 Å².